The molecule has 0 spiro atoms. The summed E-state index contributed by atoms with van der Waals surface area (Å²) >= 11 is 0. The zero-order valence-corrected chi connectivity index (χ0v) is 22.3. The summed E-state index contributed by atoms with van der Waals surface area (Å²) in [7, 11) is 0. The van der Waals surface area contributed by atoms with Crippen molar-refractivity contribution in [3.63, 3.8) is 0 Å². The van der Waals surface area contributed by atoms with Gasteiger partial charge in [-0.25, -0.2) is 0 Å². The van der Waals surface area contributed by atoms with Gasteiger partial charge in [0.15, 0.2) is 0 Å². The van der Waals surface area contributed by atoms with Crippen LogP contribution in [-0.2, 0) is 0 Å². The van der Waals surface area contributed by atoms with Crippen LogP contribution in [0, 0.1) is 10.8 Å². The molecule has 39 heavy (non-hydrogen) atoms. The third-order valence-corrected chi connectivity index (χ3v) is 6.14. The first-order valence-electron chi connectivity index (χ1n) is 12.8. The van der Waals surface area contributed by atoms with Gasteiger partial charge in [0, 0.05) is 12.4 Å². The average molecular weight is 507 g/mol. The number of nitrogens with one attached hydrogen (secondary N) is 2. The van der Waals surface area contributed by atoms with Crippen molar-refractivity contribution in [2.75, 3.05) is 0 Å². The van der Waals surface area contributed by atoms with Crippen molar-refractivity contribution in [3.8, 4) is 0 Å². The Labute approximate surface area is 232 Å². The molecule has 2 heteroatoms. The van der Waals surface area contributed by atoms with E-state index in [1.54, 1.807) is 12.2 Å². The minimum absolute atomic E-state index is 1.06. The highest BCUT2D eigenvalue weighted by atomic mass is 14.3. The molecule has 0 aliphatic carbocycles. The molecule has 0 amide bonds. The van der Waals surface area contributed by atoms with E-state index in [1.165, 1.54) is 18.0 Å². The fourth-order valence-electron chi connectivity index (χ4n) is 4.41. The number of allylic oxidation sites excluding steroid dienone is 18. The smallest absolute Gasteiger partial charge is 0.0177 e. The summed E-state index contributed by atoms with van der Waals surface area (Å²) in [5, 5.41) is 18.9. The van der Waals surface area contributed by atoms with Gasteiger partial charge in [-0.1, -0.05) is 141 Å². The van der Waals surface area contributed by atoms with Crippen molar-refractivity contribution >= 4 is 45.1 Å². The van der Waals surface area contributed by atoms with Crippen LogP contribution in [-0.4, -0.2) is 12.4 Å². The van der Waals surface area contributed by atoms with Gasteiger partial charge >= 0.3 is 0 Å². The van der Waals surface area contributed by atoms with Crippen LogP contribution in [0.3, 0.4) is 0 Å². The molecule has 0 aliphatic rings. The van der Waals surface area contributed by atoms with E-state index in [0.29, 0.717) is 0 Å². The third-order valence-electron chi connectivity index (χ3n) is 6.14. The summed E-state index contributed by atoms with van der Waals surface area (Å²) in [4.78, 5) is 0. The van der Waals surface area contributed by atoms with Crippen molar-refractivity contribution in [1.29, 1.82) is 10.8 Å². The quantitative estimate of drug-likeness (QED) is 0.139. The molecular formula is C37H34N2. The number of hydrogen-bond donors (Lipinski definition) is 2. The van der Waals surface area contributed by atoms with E-state index in [9.17, 15) is 0 Å². The van der Waals surface area contributed by atoms with Gasteiger partial charge in [0.1, 0.15) is 0 Å². The third kappa shape index (κ3) is 7.24. The lowest BCUT2D eigenvalue weighted by atomic mass is 9.84. The first-order chi connectivity index (χ1) is 19.2. The molecule has 0 aliphatic heterocycles. The molecule has 0 aromatic heterocycles. The Bertz CT molecular complexity index is 1550. The minimum Gasteiger partial charge on any atom is -0.309 e. The Morgan fingerprint density at radius 1 is 0.590 bits per heavy atom. The van der Waals surface area contributed by atoms with Crippen LogP contribution in [0.15, 0.2) is 158 Å². The van der Waals surface area contributed by atoms with E-state index in [-0.39, 0.29) is 0 Å². The molecule has 3 aromatic rings. The standard InChI is InChI=1S/C37H34N2/c1-4-20-30(21-12-8-6-10-18-27-38)36-32-23-14-16-25-34(32)37(35-26-17-15-24-33(35)36)31(29(3)5-2)22-13-9-7-11-19-28-39/h4-28,38-39H,1-2H2,3H3/b8-6+,9-7+,18-10+,19-11+,21-12-,22-13-,30-20+,31-29+,38-27?,39-28?. The molecule has 0 radical (unpaired) electrons. The maximum atomic E-state index is 7.13. The minimum atomic E-state index is 1.06. The van der Waals surface area contributed by atoms with Crippen molar-refractivity contribution in [2.45, 2.75) is 6.92 Å². The Balaban J connectivity index is 2.34. The van der Waals surface area contributed by atoms with Crippen LogP contribution in [0.25, 0.3) is 32.7 Å². The maximum absolute atomic E-state index is 7.13. The van der Waals surface area contributed by atoms with Gasteiger partial charge in [-0.05, 0) is 68.5 Å². The SMILES string of the molecule is C=C\C=C(/C=C\C=C\C=C\C=N)c1c2ccccc2c(C(/C=C\C=C\C=C\C=N)=C(\C)C=C)c2ccccc12. The van der Waals surface area contributed by atoms with Gasteiger partial charge in [-0.2, -0.15) is 0 Å². The van der Waals surface area contributed by atoms with Gasteiger partial charge in [-0.15, -0.1) is 0 Å². The predicted molar refractivity (Wildman–Crippen MR) is 175 cm³/mol. The van der Waals surface area contributed by atoms with Gasteiger partial charge < -0.3 is 10.8 Å². The molecule has 0 atom stereocenters. The molecule has 0 saturated heterocycles. The zero-order chi connectivity index (χ0) is 27.9. The first-order valence-corrected chi connectivity index (χ1v) is 12.8. The van der Waals surface area contributed by atoms with E-state index in [0.717, 1.165) is 43.8 Å². The highest BCUT2D eigenvalue weighted by Gasteiger charge is 2.17. The van der Waals surface area contributed by atoms with Crippen LogP contribution < -0.4 is 0 Å². The molecule has 192 valence electrons. The number of benzene rings is 3. The molecular weight excluding hydrogens is 472 g/mol. The Morgan fingerprint density at radius 3 is 1.49 bits per heavy atom. The molecule has 2 nitrogen and oxygen atoms in total. The summed E-state index contributed by atoms with van der Waals surface area (Å²) in [6.45, 7) is 10.1. The summed E-state index contributed by atoms with van der Waals surface area (Å²) in [5.74, 6) is 0. The molecule has 3 aromatic carbocycles. The van der Waals surface area contributed by atoms with Crippen molar-refractivity contribution in [3.05, 3.63) is 170 Å². The summed E-state index contributed by atoms with van der Waals surface area (Å²) in [5.41, 5.74) is 5.58. The van der Waals surface area contributed by atoms with E-state index in [2.05, 4.69) is 80.8 Å². The monoisotopic (exact) mass is 506 g/mol. The van der Waals surface area contributed by atoms with Crippen LogP contribution in [0.5, 0.6) is 0 Å². The molecule has 0 saturated carbocycles. The lowest BCUT2D eigenvalue weighted by Crippen LogP contribution is -1.96. The van der Waals surface area contributed by atoms with Gasteiger partial charge in [0.2, 0.25) is 0 Å². The molecule has 0 heterocycles. The first kappa shape index (κ1) is 28.5. The van der Waals surface area contributed by atoms with Gasteiger partial charge in [0.05, 0.1) is 0 Å². The van der Waals surface area contributed by atoms with Crippen molar-refractivity contribution in [1.82, 2.24) is 0 Å². The summed E-state index contributed by atoms with van der Waals surface area (Å²) in [6.07, 6.45) is 31.3. The van der Waals surface area contributed by atoms with Crippen LogP contribution in [0.1, 0.15) is 18.1 Å². The second-order valence-corrected chi connectivity index (χ2v) is 8.59. The highest BCUT2D eigenvalue weighted by molar-refractivity contribution is 6.17. The molecule has 2 N–H and O–H groups in total. The highest BCUT2D eigenvalue weighted by Crippen LogP contribution is 2.41. The molecule has 0 fully saturated rings. The lowest BCUT2D eigenvalue weighted by molar-refractivity contribution is 1.53. The van der Waals surface area contributed by atoms with E-state index in [1.807, 2.05) is 66.8 Å². The second-order valence-electron chi connectivity index (χ2n) is 8.59. The summed E-state index contributed by atoms with van der Waals surface area (Å²) < 4.78 is 0. The normalized spacial score (nSPS) is 13.6. The largest absolute Gasteiger partial charge is 0.309 e. The molecule has 0 unspecified atom stereocenters. The lowest BCUT2D eigenvalue weighted by Gasteiger charge is -2.19. The van der Waals surface area contributed by atoms with Crippen LogP contribution in [0.2, 0.25) is 0 Å². The average Bonchev–Trinajstić information content (AvgIpc) is 2.97. The van der Waals surface area contributed by atoms with Gasteiger partial charge in [-0.3, -0.25) is 0 Å². The zero-order valence-electron chi connectivity index (χ0n) is 22.3. The Hall–Kier alpha value is -5.08. The molecule has 3 rings (SSSR count). The van der Waals surface area contributed by atoms with E-state index in [4.69, 9.17) is 10.8 Å². The Kier molecular flexibility index (Phi) is 11.1. The fourth-order valence-corrected chi connectivity index (χ4v) is 4.41. The maximum Gasteiger partial charge on any atom is 0.0177 e. The number of hydrogen-bond acceptors (Lipinski definition) is 2. The van der Waals surface area contributed by atoms with E-state index < -0.39 is 0 Å². The van der Waals surface area contributed by atoms with Crippen molar-refractivity contribution in [2.24, 2.45) is 0 Å². The Morgan fingerprint density at radius 2 is 1.03 bits per heavy atom. The second kappa shape index (κ2) is 15.2. The van der Waals surface area contributed by atoms with E-state index >= 15 is 0 Å². The molecule has 0 bridgehead atoms. The topological polar surface area (TPSA) is 47.7 Å². The fraction of sp³-hybridized carbons (Fsp3) is 0.0270. The van der Waals surface area contributed by atoms with Crippen LogP contribution in [0.4, 0.5) is 0 Å². The number of fused-ring (bicyclic) bond motifs is 2. The van der Waals surface area contributed by atoms with Gasteiger partial charge in [0.25, 0.3) is 0 Å². The van der Waals surface area contributed by atoms with Crippen LogP contribution >= 0.6 is 0 Å². The van der Waals surface area contributed by atoms with Crippen molar-refractivity contribution < 1.29 is 0 Å². The number of rotatable bonds is 12. The predicted octanol–water partition coefficient (Wildman–Crippen LogP) is 10.2. The summed E-state index contributed by atoms with van der Waals surface area (Å²) in [6, 6.07) is 17.1.